The molecule has 3 heteroatoms. The minimum atomic E-state index is 0.795. The van der Waals surface area contributed by atoms with Crippen LogP contribution in [0, 0.1) is 5.92 Å². The van der Waals surface area contributed by atoms with Crippen LogP contribution in [0.5, 0.6) is 0 Å². The first-order chi connectivity index (χ1) is 8.74. The topological polar surface area (TPSA) is 17.0 Å². The Morgan fingerprint density at radius 3 is 3.11 bits per heavy atom. The molecule has 1 saturated heterocycles. The molecule has 1 aromatic carbocycles. The van der Waals surface area contributed by atoms with Crippen molar-refractivity contribution in [2.24, 2.45) is 13.0 Å². The van der Waals surface area contributed by atoms with E-state index in [4.69, 9.17) is 0 Å². The summed E-state index contributed by atoms with van der Waals surface area (Å²) in [4.78, 5) is 0. The van der Waals surface area contributed by atoms with Crippen molar-refractivity contribution in [3.63, 3.8) is 0 Å². The van der Waals surface area contributed by atoms with Crippen molar-refractivity contribution in [1.29, 1.82) is 0 Å². The van der Waals surface area contributed by atoms with E-state index in [1.165, 1.54) is 53.3 Å². The van der Waals surface area contributed by atoms with Crippen molar-refractivity contribution >= 4 is 26.8 Å². The van der Waals surface area contributed by atoms with E-state index >= 15 is 0 Å². The Balaban J connectivity index is 1.93. The number of hydrogen-bond donors (Lipinski definition) is 1. The second-order valence-corrected chi connectivity index (χ2v) is 6.26. The third-order valence-electron chi connectivity index (χ3n) is 3.94. The third kappa shape index (κ3) is 2.34. The highest BCUT2D eigenvalue weighted by Gasteiger charge is 2.16. The monoisotopic (exact) mass is 306 g/mol. The maximum absolute atomic E-state index is 3.58. The second kappa shape index (κ2) is 5.06. The summed E-state index contributed by atoms with van der Waals surface area (Å²) in [7, 11) is 2.14. The minimum absolute atomic E-state index is 0.795. The highest BCUT2D eigenvalue weighted by Crippen LogP contribution is 2.27. The molecule has 96 valence electrons. The van der Waals surface area contributed by atoms with E-state index < -0.39 is 0 Å². The van der Waals surface area contributed by atoms with Crippen LogP contribution in [0.1, 0.15) is 18.4 Å². The summed E-state index contributed by atoms with van der Waals surface area (Å²) in [5.41, 5.74) is 2.82. The molecule has 0 spiro atoms. The summed E-state index contributed by atoms with van der Waals surface area (Å²) in [6.07, 6.45) is 6.17. The number of piperidine rings is 1. The highest BCUT2D eigenvalue weighted by atomic mass is 79.9. The summed E-state index contributed by atoms with van der Waals surface area (Å²) in [6, 6.07) is 6.57. The van der Waals surface area contributed by atoms with Gasteiger partial charge in [0, 0.05) is 28.6 Å². The molecule has 3 rings (SSSR count). The van der Waals surface area contributed by atoms with Gasteiger partial charge in [-0.25, -0.2) is 0 Å². The van der Waals surface area contributed by atoms with Crippen LogP contribution >= 0.6 is 15.9 Å². The number of rotatable bonds is 2. The normalized spacial score (nSPS) is 20.4. The lowest BCUT2D eigenvalue weighted by Crippen LogP contribution is -2.30. The molecular weight excluding hydrogens is 288 g/mol. The first-order valence-electron chi connectivity index (χ1n) is 6.68. The highest BCUT2D eigenvalue weighted by molar-refractivity contribution is 9.10. The van der Waals surface area contributed by atoms with Crippen LogP contribution in [0.25, 0.3) is 10.9 Å². The molecule has 1 unspecified atom stereocenters. The van der Waals surface area contributed by atoms with E-state index in [1.807, 2.05) is 0 Å². The molecule has 0 bridgehead atoms. The standard InChI is InChI=1S/C15H19BrN2/c1-18-10-12(7-11-3-2-6-17-9-11)14-8-13(16)4-5-15(14)18/h4-5,8,10-11,17H,2-3,6-7,9H2,1H3. The molecule has 1 N–H and O–H groups in total. The Hall–Kier alpha value is -0.800. The summed E-state index contributed by atoms with van der Waals surface area (Å²) >= 11 is 3.58. The Labute approximate surface area is 116 Å². The van der Waals surface area contributed by atoms with Crippen LogP contribution in [0.2, 0.25) is 0 Å². The van der Waals surface area contributed by atoms with Crippen LogP contribution in [0.4, 0.5) is 0 Å². The molecule has 18 heavy (non-hydrogen) atoms. The Morgan fingerprint density at radius 2 is 2.33 bits per heavy atom. The number of nitrogens with zero attached hydrogens (tertiary/aromatic N) is 1. The van der Waals surface area contributed by atoms with Gasteiger partial charge in [0.1, 0.15) is 0 Å². The summed E-state index contributed by atoms with van der Waals surface area (Å²) in [5, 5.41) is 4.91. The predicted octanol–water partition coefficient (Wildman–Crippen LogP) is 3.48. The molecule has 0 radical (unpaired) electrons. The zero-order valence-corrected chi connectivity index (χ0v) is 12.3. The average molecular weight is 307 g/mol. The average Bonchev–Trinajstić information content (AvgIpc) is 2.67. The van der Waals surface area contributed by atoms with Gasteiger partial charge in [-0.2, -0.15) is 0 Å². The molecule has 0 amide bonds. The zero-order chi connectivity index (χ0) is 12.5. The van der Waals surface area contributed by atoms with E-state index in [9.17, 15) is 0 Å². The molecule has 2 aromatic rings. The fourth-order valence-corrected chi connectivity index (χ4v) is 3.38. The quantitative estimate of drug-likeness (QED) is 0.899. The molecule has 0 saturated carbocycles. The van der Waals surface area contributed by atoms with Crippen molar-refractivity contribution in [2.75, 3.05) is 13.1 Å². The molecular formula is C15H19BrN2. The fourth-order valence-electron chi connectivity index (χ4n) is 3.02. The van der Waals surface area contributed by atoms with Gasteiger partial charge in [0.15, 0.2) is 0 Å². The first kappa shape index (κ1) is 12.2. The molecule has 0 aliphatic carbocycles. The van der Waals surface area contributed by atoms with Crippen molar-refractivity contribution in [1.82, 2.24) is 9.88 Å². The summed E-state index contributed by atoms with van der Waals surface area (Å²) in [6.45, 7) is 2.36. The van der Waals surface area contributed by atoms with Crippen LogP contribution in [-0.2, 0) is 13.5 Å². The Bertz CT molecular complexity index is 553. The summed E-state index contributed by atoms with van der Waals surface area (Å²) < 4.78 is 3.41. The zero-order valence-electron chi connectivity index (χ0n) is 10.7. The lowest BCUT2D eigenvalue weighted by molar-refractivity contribution is 0.376. The van der Waals surface area contributed by atoms with E-state index in [-0.39, 0.29) is 0 Å². The van der Waals surface area contributed by atoms with Gasteiger partial charge >= 0.3 is 0 Å². The van der Waals surface area contributed by atoms with Crippen LogP contribution in [0.15, 0.2) is 28.9 Å². The van der Waals surface area contributed by atoms with E-state index in [1.54, 1.807) is 0 Å². The molecule has 2 heterocycles. The maximum atomic E-state index is 3.58. The number of aryl methyl sites for hydroxylation is 1. The van der Waals surface area contributed by atoms with E-state index in [0.717, 1.165) is 5.92 Å². The molecule has 1 aliphatic rings. The van der Waals surface area contributed by atoms with E-state index in [0.29, 0.717) is 0 Å². The largest absolute Gasteiger partial charge is 0.350 e. The van der Waals surface area contributed by atoms with Crippen LogP contribution in [0.3, 0.4) is 0 Å². The summed E-state index contributed by atoms with van der Waals surface area (Å²) in [5.74, 6) is 0.795. The molecule has 1 aliphatic heterocycles. The maximum Gasteiger partial charge on any atom is 0.0481 e. The Morgan fingerprint density at radius 1 is 1.44 bits per heavy atom. The number of aromatic nitrogens is 1. The lowest BCUT2D eigenvalue weighted by Gasteiger charge is -2.22. The third-order valence-corrected chi connectivity index (χ3v) is 4.43. The van der Waals surface area contributed by atoms with Crippen molar-refractivity contribution in [3.8, 4) is 0 Å². The number of benzene rings is 1. The number of hydrogen-bond acceptors (Lipinski definition) is 1. The number of halogens is 1. The lowest BCUT2D eigenvalue weighted by atomic mass is 9.92. The van der Waals surface area contributed by atoms with Gasteiger partial charge in [-0.15, -0.1) is 0 Å². The number of fused-ring (bicyclic) bond motifs is 1. The molecule has 1 atom stereocenters. The van der Waals surface area contributed by atoms with Gasteiger partial charge < -0.3 is 9.88 Å². The van der Waals surface area contributed by atoms with Gasteiger partial charge in [0.05, 0.1) is 0 Å². The predicted molar refractivity (Wildman–Crippen MR) is 79.9 cm³/mol. The van der Waals surface area contributed by atoms with Gasteiger partial charge in [0.2, 0.25) is 0 Å². The SMILES string of the molecule is Cn1cc(CC2CCCNC2)c2cc(Br)ccc21. The Kier molecular flexibility index (Phi) is 3.44. The fraction of sp³-hybridized carbons (Fsp3) is 0.467. The second-order valence-electron chi connectivity index (χ2n) is 5.34. The molecule has 1 aromatic heterocycles. The van der Waals surface area contributed by atoms with Crippen molar-refractivity contribution in [2.45, 2.75) is 19.3 Å². The number of nitrogens with one attached hydrogen (secondary N) is 1. The molecule has 2 nitrogen and oxygen atoms in total. The van der Waals surface area contributed by atoms with Gasteiger partial charge in [0.25, 0.3) is 0 Å². The van der Waals surface area contributed by atoms with Crippen LogP contribution < -0.4 is 5.32 Å². The van der Waals surface area contributed by atoms with Gasteiger partial charge in [-0.05, 0) is 62.0 Å². The van der Waals surface area contributed by atoms with Crippen molar-refractivity contribution in [3.05, 3.63) is 34.4 Å². The molecule has 1 fully saturated rings. The first-order valence-corrected chi connectivity index (χ1v) is 7.47. The van der Waals surface area contributed by atoms with Crippen LogP contribution in [-0.4, -0.2) is 17.7 Å². The smallest absolute Gasteiger partial charge is 0.0481 e. The minimum Gasteiger partial charge on any atom is -0.350 e. The van der Waals surface area contributed by atoms with Gasteiger partial charge in [-0.3, -0.25) is 0 Å². The van der Waals surface area contributed by atoms with E-state index in [2.05, 4.69) is 57.3 Å². The van der Waals surface area contributed by atoms with Gasteiger partial charge in [-0.1, -0.05) is 15.9 Å². The van der Waals surface area contributed by atoms with Crippen molar-refractivity contribution < 1.29 is 0 Å².